The molecule has 1 aromatic heterocycles. The highest BCUT2D eigenvalue weighted by Crippen LogP contribution is 2.46. The van der Waals surface area contributed by atoms with Crippen molar-refractivity contribution in [1.82, 2.24) is 9.55 Å². The molecule has 3 aromatic carbocycles. The van der Waals surface area contributed by atoms with Crippen LogP contribution in [-0.4, -0.2) is 36.0 Å². The average molecular weight is 486 g/mol. The molecule has 1 aliphatic rings. The molecule has 0 bridgehead atoms. The second kappa shape index (κ2) is 9.65. The van der Waals surface area contributed by atoms with Crippen molar-refractivity contribution in [1.29, 1.82) is 5.41 Å². The van der Waals surface area contributed by atoms with Crippen LogP contribution in [0.1, 0.15) is 28.2 Å². The van der Waals surface area contributed by atoms with Crippen LogP contribution in [0, 0.1) is 5.41 Å². The highest BCUT2D eigenvalue weighted by Gasteiger charge is 2.32. The van der Waals surface area contributed by atoms with Crippen molar-refractivity contribution >= 4 is 0 Å². The minimum absolute atomic E-state index is 0.109. The van der Waals surface area contributed by atoms with E-state index in [2.05, 4.69) is 4.98 Å². The van der Waals surface area contributed by atoms with Crippen LogP contribution < -0.4 is 24.4 Å². The Labute approximate surface area is 208 Å². The molecule has 8 nitrogen and oxygen atoms in total. The van der Waals surface area contributed by atoms with Crippen molar-refractivity contribution in [2.24, 2.45) is 0 Å². The van der Waals surface area contributed by atoms with Crippen LogP contribution in [0.3, 0.4) is 0 Å². The van der Waals surface area contributed by atoms with Gasteiger partial charge in [-0.15, -0.1) is 0 Å². The Hall–Kier alpha value is -4.46. The first-order valence-electron chi connectivity index (χ1n) is 11.5. The van der Waals surface area contributed by atoms with Gasteiger partial charge in [-0.05, 0) is 47.9 Å². The molecular weight excluding hydrogens is 458 g/mol. The molecule has 184 valence electrons. The molecular formula is C28H27N3O5. The summed E-state index contributed by atoms with van der Waals surface area (Å²) in [6.45, 7) is 0.548. The average Bonchev–Trinajstić information content (AvgIpc) is 2.91. The maximum Gasteiger partial charge on any atom is 0.228 e. The van der Waals surface area contributed by atoms with Gasteiger partial charge >= 0.3 is 0 Å². The number of ether oxygens (including phenoxy) is 4. The summed E-state index contributed by atoms with van der Waals surface area (Å²) in [7, 11) is 4.85. The molecule has 36 heavy (non-hydrogen) atoms. The van der Waals surface area contributed by atoms with Gasteiger partial charge in [0, 0.05) is 24.1 Å². The lowest BCUT2D eigenvalue weighted by Gasteiger charge is -2.28. The lowest BCUT2D eigenvalue weighted by Crippen LogP contribution is -2.30. The number of aromatic hydroxyl groups is 1. The zero-order valence-electron chi connectivity index (χ0n) is 20.3. The molecule has 0 fully saturated rings. The maximum atomic E-state index is 10.0. The van der Waals surface area contributed by atoms with Gasteiger partial charge in [-0.2, -0.15) is 0 Å². The number of hydrogen-bond acceptors (Lipinski definition) is 7. The zero-order chi connectivity index (χ0) is 25.2. The Balaban J connectivity index is 1.54. The van der Waals surface area contributed by atoms with Gasteiger partial charge in [-0.3, -0.25) is 5.41 Å². The smallest absolute Gasteiger partial charge is 0.228 e. The summed E-state index contributed by atoms with van der Waals surface area (Å²) in [5, 5.41) is 19.1. The molecule has 0 radical (unpaired) electrons. The van der Waals surface area contributed by atoms with Gasteiger partial charge < -0.3 is 28.6 Å². The van der Waals surface area contributed by atoms with Gasteiger partial charge in [0.15, 0.2) is 11.5 Å². The molecule has 8 heteroatoms. The monoisotopic (exact) mass is 485 g/mol. The Morgan fingerprint density at radius 2 is 1.72 bits per heavy atom. The lowest BCUT2D eigenvalue weighted by atomic mass is 9.84. The predicted molar refractivity (Wildman–Crippen MR) is 133 cm³/mol. The van der Waals surface area contributed by atoms with Crippen molar-refractivity contribution in [3.8, 4) is 34.6 Å². The fourth-order valence-electron chi connectivity index (χ4n) is 4.55. The number of rotatable bonds is 7. The minimum Gasteiger partial charge on any atom is -0.508 e. The third-order valence-electron chi connectivity index (χ3n) is 6.43. The van der Waals surface area contributed by atoms with Crippen LogP contribution in [0.25, 0.3) is 0 Å². The molecule has 2 N–H and O–H groups in total. The number of phenolic OH excluding ortho intramolecular Hbond substituents is 1. The SMILES string of the molecule is COc1ccc([C@@H]2c3ccc(O)cc3Oc3ncn(CCc4ccc(OC)c(OC)c4)c(=N)c32)cc1. The third kappa shape index (κ3) is 4.22. The minimum atomic E-state index is -0.288. The highest BCUT2D eigenvalue weighted by atomic mass is 16.5. The quantitative estimate of drug-likeness (QED) is 0.349. The topological polar surface area (TPSA) is 98.8 Å². The fraction of sp³-hybridized carbons (Fsp3) is 0.214. The predicted octanol–water partition coefficient (Wildman–Crippen LogP) is 4.62. The molecule has 1 atom stereocenters. The second-order valence-corrected chi connectivity index (χ2v) is 8.48. The number of nitrogens with zero attached hydrogens (tertiary/aromatic N) is 2. The summed E-state index contributed by atoms with van der Waals surface area (Å²) in [5.74, 6) is 2.80. The summed E-state index contributed by atoms with van der Waals surface area (Å²) in [4.78, 5) is 4.56. The first-order valence-corrected chi connectivity index (χ1v) is 11.5. The molecule has 1 aliphatic heterocycles. The van der Waals surface area contributed by atoms with E-state index in [4.69, 9.17) is 24.4 Å². The lowest BCUT2D eigenvalue weighted by molar-refractivity contribution is 0.354. The van der Waals surface area contributed by atoms with E-state index in [1.54, 1.807) is 39.8 Å². The Morgan fingerprint density at radius 3 is 2.44 bits per heavy atom. The van der Waals surface area contributed by atoms with E-state index in [1.807, 2.05) is 53.1 Å². The molecule has 0 spiro atoms. The van der Waals surface area contributed by atoms with E-state index in [0.29, 0.717) is 47.1 Å². The van der Waals surface area contributed by atoms with E-state index in [1.165, 1.54) is 0 Å². The number of aromatic nitrogens is 2. The number of phenols is 1. The fourth-order valence-corrected chi connectivity index (χ4v) is 4.55. The zero-order valence-corrected chi connectivity index (χ0v) is 20.3. The number of nitrogens with one attached hydrogen (secondary N) is 1. The molecule has 0 saturated carbocycles. The van der Waals surface area contributed by atoms with E-state index in [-0.39, 0.29) is 11.7 Å². The van der Waals surface area contributed by atoms with Gasteiger partial charge in [0.2, 0.25) is 5.88 Å². The van der Waals surface area contributed by atoms with E-state index >= 15 is 0 Å². The van der Waals surface area contributed by atoms with Crippen molar-refractivity contribution in [3.63, 3.8) is 0 Å². The molecule has 4 aromatic rings. The van der Waals surface area contributed by atoms with Crippen LogP contribution >= 0.6 is 0 Å². The number of benzene rings is 3. The molecule has 5 rings (SSSR count). The van der Waals surface area contributed by atoms with Crippen LogP contribution in [0.2, 0.25) is 0 Å². The van der Waals surface area contributed by atoms with Crippen molar-refractivity contribution < 1.29 is 24.1 Å². The summed E-state index contributed by atoms with van der Waals surface area (Å²) < 4.78 is 24.0. The largest absolute Gasteiger partial charge is 0.508 e. The number of methoxy groups -OCH3 is 3. The van der Waals surface area contributed by atoms with Gasteiger partial charge in [-0.1, -0.05) is 24.3 Å². The standard InChI is InChI=1S/C28H27N3O5/c1-33-20-8-5-18(6-9-20)25-21-10-7-19(32)15-23(21)36-28-26(25)27(29)31(16-30-28)13-12-17-4-11-22(34-2)24(14-17)35-3/h4-11,14-16,25,29,32H,12-13H2,1-3H3/t25-/m1/s1. The van der Waals surface area contributed by atoms with E-state index in [0.717, 1.165) is 22.4 Å². The first kappa shape index (κ1) is 23.3. The number of hydrogen-bond donors (Lipinski definition) is 2. The highest BCUT2D eigenvalue weighted by molar-refractivity contribution is 5.57. The van der Waals surface area contributed by atoms with Crippen LogP contribution in [-0.2, 0) is 13.0 Å². The summed E-state index contributed by atoms with van der Waals surface area (Å²) in [6, 6.07) is 18.6. The van der Waals surface area contributed by atoms with Crippen molar-refractivity contribution in [3.05, 3.63) is 94.7 Å². The second-order valence-electron chi connectivity index (χ2n) is 8.48. The number of aryl methyl sites for hydroxylation is 2. The molecule has 0 amide bonds. The van der Waals surface area contributed by atoms with Gasteiger partial charge in [0.1, 0.15) is 29.1 Å². The maximum absolute atomic E-state index is 10.0. The van der Waals surface area contributed by atoms with Gasteiger partial charge in [-0.25, -0.2) is 4.98 Å². The van der Waals surface area contributed by atoms with Crippen LogP contribution in [0.4, 0.5) is 0 Å². The van der Waals surface area contributed by atoms with E-state index < -0.39 is 0 Å². The van der Waals surface area contributed by atoms with E-state index in [9.17, 15) is 5.11 Å². The Bertz CT molecular complexity index is 1460. The van der Waals surface area contributed by atoms with Crippen LogP contribution in [0.15, 0.2) is 67.0 Å². The Morgan fingerprint density at radius 1 is 0.944 bits per heavy atom. The molecule has 0 unspecified atom stereocenters. The first-order chi connectivity index (χ1) is 17.5. The molecule has 0 saturated heterocycles. The van der Waals surface area contributed by atoms with Gasteiger partial charge in [0.05, 0.1) is 26.9 Å². The van der Waals surface area contributed by atoms with Gasteiger partial charge in [0.25, 0.3) is 0 Å². The Kier molecular flexibility index (Phi) is 6.25. The van der Waals surface area contributed by atoms with Crippen molar-refractivity contribution in [2.75, 3.05) is 21.3 Å². The summed E-state index contributed by atoms with van der Waals surface area (Å²) in [5.41, 5.74) is 3.88. The van der Waals surface area contributed by atoms with Crippen molar-refractivity contribution in [2.45, 2.75) is 18.9 Å². The van der Waals surface area contributed by atoms with Crippen LogP contribution in [0.5, 0.6) is 34.6 Å². The summed E-state index contributed by atoms with van der Waals surface area (Å²) in [6.07, 6.45) is 2.30. The molecule has 2 heterocycles. The normalized spacial score (nSPS) is 13.8. The third-order valence-corrected chi connectivity index (χ3v) is 6.43. The summed E-state index contributed by atoms with van der Waals surface area (Å²) >= 11 is 0. The number of fused-ring (bicyclic) bond motifs is 2. The molecule has 0 aliphatic carbocycles.